The molecule has 0 atom stereocenters. The third-order valence-corrected chi connectivity index (χ3v) is 14.7. The maximum Gasteiger partial charge on any atom is 0.0547 e. The van der Waals surface area contributed by atoms with Gasteiger partial charge in [-0.1, -0.05) is 218 Å². The molecular formula is C70H46N2. The lowest BCUT2D eigenvalue weighted by Crippen LogP contribution is -2.12. The minimum Gasteiger partial charge on any atom is -0.309 e. The Bertz CT molecular complexity index is 4390. The molecule has 0 N–H and O–H groups in total. The van der Waals surface area contributed by atoms with Crippen molar-refractivity contribution in [2.45, 2.75) is 0 Å². The van der Waals surface area contributed by atoms with E-state index in [4.69, 9.17) is 0 Å². The van der Waals surface area contributed by atoms with Gasteiger partial charge in [0, 0.05) is 33.1 Å². The van der Waals surface area contributed by atoms with Crippen LogP contribution in [0.1, 0.15) is 0 Å². The summed E-state index contributed by atoms with van der Waals surface area (Å²) < 4.78 is 2.45. The van der Waals surface area contributed by atoms with Crippen LogP contribution < -0.4 is 4.90 Å². The Balaban J connectivity index is 0.969. The van der Waals surface area contributed by atoms with E-state index in [0.29, 0.717) is 0 Å². The molecule has 0 saturated heterocycles. The molecule has 0 unspecified atom stereocenters. The Morgan fingerprint density at radius 1 is 0.236 bits per heavy atom. The Kier molecular flexibility index (Phi) is 9.89. The zero-order valence-corrected chi connectivity index (χ0v) is 39.5. The van der Waals surface area contributed by atoms with Crippen molar-refractivity contribution in [3.05, 3.63) is 279 Å². The summed E-state index contributed by atoms with van der Waals surface area (Å²) in [7, 11) is 0. The van der Waals surface area contributed by atoms with Crippen molar-refractivity contribution in [1.29, 1.82) is 0 Å². The average molecular weight is 915 g/mol. The molecule has 0 saturated carbocycles. The van der Waals surface area contributed by atoms with Crippen LogP contribution in [0.5, 0.6) is 0 Å². The molecule has 0 fully saturated rings. The lowest BCUT2D eigenvalue weighted by atomic mass is 9.92. The van der Waals surface area contributed by atoms with Crippen molar-refractivity contribution in [1.82, 2.24) is 4.57 Å². The van der Waals surface area contributed by atoms with E-state index in [9.17, 15) is 0 Å². The van der Waals surface area contributed by atoms with E-state index >= 15 is 0 Å². The number of para-hydroxylation sites is 2. The summed E-state index contributed by atoms with van der Waals surface area (Å²) in [5.41, 5.74) is 16.3. The SMILES string of the molecule is c1ccc(-c2ccc(-n3c4ccccc4c4cc5ccccc5cc43)cc2-c2ccc(N(c3ccccc3-c3cccc4ccccc34)c3ccc(-c4ccc5ccccc5c4)c4ccccc34)cc2)cc1. The Labute approximate surface area is 418 Å². The molecule has 1 aromatic heterocycles. The summed E-state index contributed by atoms with van der Waals surface area (Å²) in [6, 6.07) is 103. The molecule has 0 bridgehead atoms. The highest BCUT2D eigenvalue weighted by Crippen LogP contribution is 2.47. The number of aromatic nitrogens is 1. The second-order valence-corrected chi connectivity index (χ2v) is 18.8. The van der Waals surface area contributed by atoms with Gasteiger partial charge >= 0.3 is 0 Å². The Hall–Kier alpha value is -9.50. The molecule has 14 rings (SSSR count). The molecule has 13 aromatic carbocycles. The van der Waals surface area contributed by atoms with Crippen LogP contribution in [0.25, 0.3) is 115 Å². The molecule has 0 aliphatic heterocycles. The van der Waals surface area contributed by atoms with E-state index < -0.39 is 0 Å². The van der Waals surface area contributed by atoms with Crippen LogP contribution in [0.2, 0.25) is 0 Å². The molecule has 14 aromatic rings. The van der Waals surface area contributed by atoms with Crippen molar-refractivity contribution < 1.29 is 0 Å². The van der Waals surface area contributed by atoms with Crippen LogP contribution in [0.15, 0.2) is 279 Å². The van der Waals surface area contributed by atoms with Gasteiger partial charge in [-0.15, -0.1) is 0 Å². The van der Waals surface area contributed by atoms with Crippen LogP contribution >= 0.6 is 0 Å². The quantitative estimate of drug-likeness (QED) is 0.147. The first-order chi connectivity index (χ1) is 35.7. The van der Waals surface area contributed by atoms with Crippen molar-refractivity contribution >= 4 is 82.0 Å². The summed E-state index contributed by atoms with van der Waals surface area (Å²) >= 11 is 0. The zero-order chi connectivity index (χ0) is 47.5. The largest absolute Gasteiger partial charge is 0.309 e. The number of rotatable bonds is 8. The van der Waals surface area contributed by atoms with Crippen LogP contribution in [0, 0.1) is 0 Å². The van der Waals surface area contributed by atoms with E-state index in [-0.39, 0.29) is 0 Å². The maximum absolute atomic E-state index is 2.48. The monoisotopic (exact) mass is 914 g/mol. The normalized spacial score (nSPS) is 11.6. The fourth-order valence-corrected chi connectivity index (χ4v) is 11.4. The smallest absolute Gasteiger partial charge is 0.0547 e. The topological polar surface area (TPSA) is 8.17 Å². The van der Waals surface area contributed by atoms with E-state index in [2.05, 4.69) is 289 Å². The van der Waals surface area contributed by atoms with Crippen LogP contribution in [-0.4, -0.2) is 4.57 Å². The second kappa shape index (κ2) is 17.2. The highest BCUT2D eigenvalue weighted by Gasteiger charge is 2.23. The first-order valence-electron chi connectivity index (χ1n) is 24.8. The molecular weight excluding hydrogens is 869 g/mol. The fourth-order valence-electron chi connectivity index (χ4n) is 11.4. The first-order valence-corrected chi connectivity index (χ1v) is 24.8. The van der Waals surface area contributed by atoms with E-state index in [1.807, 2.05) is 0 Å². The molecule has 72 heavy (non-hydrogen) atoms. The Morgan fingerprint density at radius 2 is 0.819 bits per heavy atom. The molecule has 0 aliphatic rings. The van der Waals surface area contributed by atoms with Crippen LogP contribution in [0.4, 0.5) is 17.1 Å². The molecule has 0 amide bonds. The highest BCUT2D eigenvalue weighted by molar-refractivity contribution is 6.14. The fraction of sp³-hybridized carbons (Fsp3) is 0. The van der Waals surface area contributed by atoms with E-state index in [1.165, 1.54) is 104 Å². The molecule has 0 spiro atoms. The van der Waals surface area contributed by atoms with Gasteiger partial charge in [-0.25, -0.2) is 0 Å². The number of hydrogen-bond acceptors (Lipinski definition) is 1. The third kappa shape index (κ3) is 6.95. The van der Waals surface area contributed by atoms with Gasteiger partial charge in [0.2, 0.25) is 0 Å². The average Bonchev–Trinajstić information content (AvgIpc) is 3.77. The summed E-state index contributed by atoms with van der Waals surface area (Å²) in [6.45, 7) is 0. The van der Waals surface area contributed by atoms with E-state index in [1.54, 1.807) is 0 Å². The second-order valence-electron chi connectivity index (χ2n) is 18.8. The summed E-state index contributed by atoms with van der Waals surface area (Å²) in [6.07, 6.45) is 0. The van der Waals surface area contributed by atoms with Crippen molar-refractivity contribution in [2.75, 3.05) is 4.90 Å². The van der Waals surface area contributed by atoms with Gasteiger partial charge in [0.15, 0.2) is 0 Å². The maximum atomic E-state index is 2.48. The Morgan fingerprint density at radius 3 is 1.64 bits per heavy atom. The van der Waals surface area contributed by atoms with Gasteiger partial charge in [0.05, 0.1) is 22.4 Å². The lowest BCUT2D eigenvalue weighted by molar-refractivity contribution is 1.18. The van der Waals surface area contributed by atoms with Crippen molar-refractivity contribution in [3.8, 4) is 50.2 Å². The lowest BCUT2D eigenvalue weighted by Gasteiger charge is -2.30. The van der Waals surface area contributed by atoms with Gasteiger partial charge < -0.3 is 9.47 Å². The molecule has 2 heteroatoms. The van der Waals surface area contributed by atoms with Gasteiger partial charge in [0.25, 0.3) is 0 Å². The van der Waals surface area contributed by atoms with Gasteiger partial charge in [0.1, 0.15) is 0 Å². The predicted octanol–water partition coefficient (Wildman–Crippen LogP) is 19.5. The van der Waals surface area contributed by atoms with Crippen LogP contribution in [0.3, 0.4) is 0 Å². The number of anilines is 3. The number of benzene rings is 13. The zero-order valence-electron chi connectivity index (χ0n) is 39.5. The van der Waals surface area contributed by atoms with E-state index in [0.717, 1.165) is 28.3 Å². The number of fused-ring (bicyclic) bond motifs is 7. The summed E-state index contributed by atoms with van der Waals surface area (Å²) in [5.74, 6) is 0. The minimum absolute atomic E-state index is 1.07. The molecule has 1 heterocycles. The molecule has 0 aliphatic carbocycles. The van der Waals surface area contributed by atoms with Gasteiger partial charge in [-0.3, -0.25) is 0 Å². The third-order valence-electron chi connectivity index (χ3n) is 14.7. The highest BCUT2D eigenvalue weighted by atomic mass is 15.1. The standard InChI is InChI=1S/C70H46N2/c1-2-18-48(19-3-1)58-40-39-56(72-68-32-15-13-29-64(68)66-44-52-22-6-7-23-53(52)45-70(66)72)46-65(58)50-35-37-55(38-36-50)71(67-31-14-12-28-62(67)61-30-16-24-49-20-8-9-25-57(49)61)69-42-41-59(60-26-10-11-27-63(60)69)54-34-33-47-17-4-5-21-51(47)43-54/h1-46H. The number of hydrogen-bond donors (Lipinski definition) is 0. The first kappa shape index (κ1) is 41.5. The van der Waals surface area contributed by atoms with Gasteiger partial charge in [-0.05, 0) is 137 Å². The molecule has 0 radical (unpaired) electrons. The summed E-state index contributed by atoms with van der Waals surface area (Å²) in [5, 5.41) is 12.3. The minimum atomic E-state index is 1.07. The van der Waals surface area contributed by atoms with Crippen LogP contribution in [-0.2, 0) is 0 Å². The molecule has 336 valence electrons. The summed E-state index contributed by atoms with van der Waals surface area (Å²) in [4.78, 5) is 2.48. The number of nitrogens with zero attached hydrogens (tertiary/aromatic N) is 2. The van der Waals surface area contributed by atoms with Gasteiger partial charge in [-0.2, -0.15) is 0 Å². The predicted molar refractivity (Wildman–Crippen MR) is 307 cm³/mol. The van der Waals surface area contributed by atoms with Crippen molar-refractivity contribution in [2.24, 2.45) is 0 Å². The van der Waals surface area contributed by atoms with Crippen molar-refractivity contribution in [3.63, 3.8) is 0 Å². The molecule has 2 nitrogen and oxygen atoms in total.